The van der Waals surface area contributed by atoms with Crippen molar-refractivity contribution in [2.75, 3.05) is 11.9 Å². The second-order valence-corrected chi connectivity index (χ2v) is 6.20. The maximum absolute atomic E-state index is 13.5. The molecule has 0 heterocycles. The molecule has 0 aromatic heterocycles. The Balaban J connectivity index is 1.83. The average Bonchev–Trinajstić information content (AvgIpc) is 2.63. The molecule has 2 N–H and O–H groups in total. The molecule has 0 fully saturated rings. The number of nitrogens with one attached hydrogen (secondary N) is 2. The molecule has 2 rings (SSSR count). The maximum atomic E-state index is 13.5. The topological polar surface area (TPSA) is 84.5 Å². The molecule has 0 saturated carbocycles. The summed E-state index contributed by atoms with van der Waals surface area (Å²) in [5, 5.41) is 5.11. The van der Waals surface area contributed by atoms with Gasteiger partial charge in [0.15, 0.2) is 6.61 Å². The van der Waals surface area contributed by atoms with Gasteiger partial charge in [0.25, 0.3) is 11.8 Å². The van der Waals surface area contributed by atoms with Gasteiger partial charge in [0.05, 0.1) is 10.6 Å². The Bertz CT molecular complexity index is 873. The summed E-state index contributed by atoms with van der Waals surface area (Å²) in [4.78, 5) is 35.8. The van der Waals surface area contributed by atoms with E-state index in [1.807, 2.05) is 0 Å². The van der Waals surface area contributed by atoms with E-state index >= 15 is 0 Å². The summed E-state index contributed by atoms with van der Waals surface area (Å²) < 4.78 is 18.3. The van der Waals surface area contributed by atoms with Gasteiger partial charge in [-0.25, -0.2) is 9.18 Å². The molecule has 2 aromatic rings. The van der Waals surface area contributed by atoms with E-state index in [1.165, 1.54) is 31.2 Å². The van der Waals surface area contributed by atoms with Crippen LogP contribution in [0.3, 0.4) is 0 Å². The zero-order valence-electron chi connectivity index (χ0n) is 14.7. The number of benzene rings is 2. The maximum Gasteiger partial charge on any atom is 0.328 e. The van der Waals surface area contributed by atoms with Crippen LogP contribution in [0, 0.1) is 12.7 Å². The summed E-state index contributed by atoms with van der Waals surface area (Å²) in [5.74, 6) is -2.41. The van der Waals surface area contributed by atoms with Crippen molar-refractivity contribution in [3.63, 3.8) is 0 Å². The Labute approximate surface area is 160 Å². The lowest BCUT2D eigenvalue weighted by Crippen LogP contribution is -2.40. The van der Waals surface area contributed by atoms with E-state index < -0.39 is 36.2 Å². The SMILES string of the molecule is Cc1ccc(NC(=O)COC(=O)[C@H](C)NC(=O)c2ccccc2Cl)cc1F. The fourth-order valence-electron chi connectivity index (χ4n) is 2.11. The molecule has 142 valence electrons. The minimum absolute atomic E-state index is 0.220. The summed E-state index contributed by atoms with van der Waals surface area (Å²) >= 11 is 5.93. The van der Waals surface area contributed by atoms with Crippen LogP contribution in [-0.2, 0) is 14.3 Å². The lowest BCUT2D eigenvalue weighted by molar-refractivity contribution is -0.148. The molecular weight excluding hydrogens is 375 g/mol. The van der Waals surface area contributed by atoms with E-state index in [-0.39, 0.29) is 16.3 Å². The molecule has 0 unspecified atom stereocenters. The number of hydrogen-bond acceptors (Lipinski definition) is 4. The van der Waals surface area contributed by atoms with E-state index in [9.17, 15) is 18.8 Å². The predicted octanol–water partition coefficient (Wildman–Crippen LogP) is 3.09. The van der Waals surface area contributed by atoms with Gasteiger partial charge in [-0.15, -0.1) is 0 Å². The summed E-state index contributed by atoms with van der Waals surface area (Å²) in [5.41, 5.74) is 0.916. The minimum atomic E-state index is -0.988. The molecule has 0 aliphatic heterocycles. The van der Waals surface area contributed by atoms with Crippen molar-refractivity contribution in [1.29, 1.82) is 0 Å². The Hall–Kier alpha value is -2.93. The quantitative estimate of drug-likeness (QED) is 0.740. The third-order valence-electron chi connectivity index (χ3n) is 3.62. The second kappa shape index (κ2) is 9.14. The molecule has 1 atom stereocenters. The van der Waals surface area contributed by atoms with E-state index in [1.54, 1.807) is 25.1 Å². The highest BCUT2D eigenvalue weighted by molar-refractivity contribution is 6.33. The van der Waals surface area contributed by atoms with Crippen molar-refractivity contribution in [1.82, 2.24) is 5.32 Å². The summed E-state index contributed by atoms with van der Waals surface area (Å²) in [6, 6.07) is 9.62. The van der Waals surface area contributed by atoms with Crippen LogP contribution in [0.15, 0.2) is 42.5 Å². The number of amides is 2. The summed E-state index contributed by atoms with van der Waals surface area (Å²) in [6.45, 7) is 2.45. The normalized spacial score (nSPS) is 11.4. The molecule has 2 aromatic carbocycles. The van der Waals surface area contributed by atoms with Crippen molar-refractivity contribution in [2.24, 2.45) is 0 Å². The van der Waals surface area contributed by atoms with Gasteiger partial charge in [-0.2, -0.15) is 0 Å². The molecular formula is C19H18ClFN2O4. The molecule has 8 heteroatoms. The fraction of sp³-hybridized carbons (Fsp3) is 0.211. The Morgan fingerprint density at radius 2 is 1.89 bits per heavy atom. The van der Waals surface area contributed by atoms with Crippen molar-refractivity contribution < 1.29 is 23.5 Å². The first-order valence-corrected chi connectivity index (χ1v) is 8.43. The van der Waals surface area contributed by atoms with Crippen LogP contribution in [0.25, 0.3) is 0 Å². The first kappa shape index (κ1) is 20.4. The first-order valence-electron chi connectivity index (χ1n) is 8.06. The van der Waals surface area contributed by atoms with Gasteiger partial charge in [-0.1, -0.05) is 29.8 Å². The smallest absolute Gasteiger partial charge is 0.328 e. The van der Waals surface area contributed by atoms with Crippen LogP contribution in [-0.4, -0.2) is 30.4 Å². The fourth-order valence-corrected chi connectivity index (χ4v) is 2.33. The van der Waals surface area contributed by atoms with Crippen LogP contribution >= 0.6 is 11.6 Å². The number of anilines is 1. The molecule has 0 saturated heterocycles. The first-order chi connectivity index (χ1) is 12.8. The van der Waals surface area contributed by atoms with Gasteiger partial charge < -0.3 is 15.4 Å². The van der Waals surface area contributed by atoms with Gasteiger partial charge in [-0.3, -0.25) is 9.59 Å². The number of hydrogen-bond donors (Lipinski definition) is 2. The van der Waals surface area contributed by atoms with Gasteiger partial charge in [-0.05, 0) is 43.7 Å². The third kappa shape index (κ3) is 5.79. The van der Waals surface area contributed by atoms with E-state index in [4.69, 9.17) is 16.3 Å². The van der Waals surface area contributed by atoms with E-state index in [2.05, 4.69) is 10.6 Å². The molecule has 2 amide bonds. The number of ether oxygens (including phenoxy) is 1. The average molecular weight is 393 g/mol. The highest BCUT2D eigenvalue weighted by Crippen LogP contribution is 2.15. The molecule has 0 aliphatic rings. The van der Waals surface area contributed by atoms with Crippen LogP contribution < -0.4 is 10.6 Å². The van der Waals surface area contributed by atoms with E-state index in [0.29, 0.717) is 5.56 Å². The third-order valence-corrected chi connectivity index (χ3v) is 3.95. The lowest BCUT2D eigenvalue weighted by atomic mass is 10.2. The van der Waals surface area contributed by atoms with Crippen molar-refractivity contribution in [2.45, 2.75) is 19.9 Å². The molecule has 0 bridgehead atoms. The van der Waals surface area contributed by atoms with Crippen LogP contribution in [0.4, 0.5) is 10.1 Å². The Kier molecular flexibility index (Phi) is 6.90. The molecule has 0 aliphatic carbocycles. The molecule has 0 radical (unpaired) electrons. The molecule has 6 nitrogen and oxygen atoms in total. The van der Waals surface area contributed by atoms with Gasteiger partial charge >= 0.3 is 5.97 Å². The Morgan fingerprint density at radius 1 is 1.19 bits per heavy atom. The number of halogens is 2. The number of aryl methyl sites for hydroxylation is 1. The zero-order chi connectivity index (χ0) is 20.0. The monoisotopic (exact) mass is 392 g/mol. The highest BCUT2D eigenvalue weighted by Gasteiger charge is 2.20. The van der Waals surface area contributed by atoms with Crippen molar-refractivity contribution in [3.05, 3.63) is 64.4 Å². The second-order valence-electron chi connectivity index (χ2n) is 5.79. The van der Waals surface area contributed by atoms with Gasteiger partial charge in [0.1, 0.15) is 11.9 Å². The molecule has 27 heavy (non-hydrogen) atoms. The van der Waals surface area contributed by atoms with Crippen LogP contribution in [0.1, 0.15) is 22.8 Å². The number of rotatable bonds is 6. The van der Waals surface area contributed by atoms with Gasteiger partial charge in [0.2, 0.25) is 0 Å². The van der Waals surface area contributed by atoms with Crippen molar-refractivity contribution in [3.8, 4) is 0 Å². The standard InChI is InChI=1S/C19H18ClFN2O4/c1-11-7-8-13(9-16(11)21)23-17(24)10-27-19(26)12(2)22-18(25)14-5-3-4-6-15(14)20/h3-9,12H,10H2,1-2H3,(H,22,25)(H,23,24)/t12-/m0/s1. The highest BCUT2D eigenvalue weighted by atomic mass is 35.5. The minimum Gasteiger partial charge on any atom is -0.454 e. The number of esters is 1. The molecule has 0 spiro atoms. The van der Waals surface area contributed by atoms with Crippen LogP contribution in [0.2, 0.25) is 5.02 Å². The van der Waals surface area contributed by atoms with Crippen LogP contribution in [0.5, 0.6) is 0 Å². The Morgan fingerprint density at radius 3 is 2.56 bits per heavy atom. The summed E-state index contributed by atoms with van der Waals surface area (Å²) in [7, 11) is 0. The number of carbonyl (C=O) groups excluding carboxylic acids is 3. The predicted molar refractivity (Wildman–Crippen MR) is 99.1 cm³/mol. The lowest BCUT2D eigenvalue weighted by Gasteiger charge is -2.14. The van der Waals surface area contributed by atoms with Crippen molar-refractivity contribution >= 4 is 35.1 Å². The number of carbonyl (C=O) groups is 3. The van der Waals surface area contributed by atoms with E-state index in [0.717, 1.165) is 0 Å². The summed E-state index contributed by atoms with van der Waals surface area (Å²) in [6.07, 6.45) is 0. The zero-order valence-corrected chi connectivity index (χ0v) is 15.5. The largest absolute Gasteiger partial charge is 0.454 e. The van der Waals surface area contributed by atoms with Gasteiger partial charge in [0, 0.05) is 5.69 Å².